The predicted molar refractivity (Wildman–Crippen MR) is 106 cm³/mol. The summed E-state index contributed by atoms with van der Waals surface area (Å²) in [5.74, 6) is 0.323. The molecule has 0 fully saturated rings. The third kappa shape index (κ3) is 4.88. The van der Waals surface area contributed by atoms with Crippen LogP contribution < -0.4 is 10.6 Å². The van der Waals surface area contributed by atoms with Gasteiger partial charge in [-0.3, -0.25) is 9.78 Å². The summed E-state index contributed by atoms with van der Waals surface area (Å²) >= 11 is 0. The van der Waals surface area contributed by atoms with Gasteiger partial charge in [0.2, 0.25) is 0 Å². The molecule has 3 aromatic rings. The van der Waals surface area contributed by atoms with Gasteiger partial charge >= 0.3 is 0 Å². The van der Waals surface area contributed by atoms with Gasteiger partial charge in [-0.05, 0) is 40.8 Å². The predicted octanol–water partition coefficient (Wildman–Crippen LogP) is 3.84. The van der Waals surface area contributed by atoms with Gasteiger partial charge in [0, 0.05) is 24.6 Å². The monoisotopic (exact) mass is 361 g/mol. The number of nitrogens with zero attached hydrogens (tertiary/aromatic N) is 3. The van der Waals surface area contributed by atoms with Crippen LogP contribution in [-0.2, 0) is 12.0 Å². The molecule has 1 aromatic carbocycles. The maximum atomic E-state index is 12.2. The molecule has 0 aliphatic carbocycles. The minimum absolute atomic E-state index is 0.00312. The molecule has 1 amide bonds. The Morgan fingerprint density at radius 3 is 2.48 bits per heavy atom. The smallest absolute Gasteiger partial charge is 0.272 e. The largest absolute Gasteiger partial charge is 0.347 e. The number of hydrogen-bond donors (Lipinski definition) is 2. The number of carbonyl (C=O) groups excluding carboxylic acids is 1. The number of hydrogen-bond acceptors (Lipinski definition) is 5. The quantitative estimate of drug-likeness (QED) is 0.722. The molecule has 3 rings (SSSR count). The fourth-order valence-corrected chi connectivity index (χ4v) is 2.68. The Bertz CT molecular complexity index is 902. The van der Waals surface area contributed by atoms with Crippen molar-refractivity contribution in [3.63, 3.8) is 0 Å². The van der Waals surface area contributed by atoms with Crippen LogP contribution in [0.4, 0.5) is 11.5 Å². The first-order valence-electron chi connectivity index (χ1n) is 8.81. The molecule has 0 bridgehead atoms. The zero-order chi connectivity index (χ0) is 19.3. The highest BCUT2D eigenvalue weighted by molar-refractivity contribution is 5.92. The Kier molecular flexibility index (Phi) is 5.45. The Balaban J connectivity index is 1.66. The van der Waals surface area contributed by atoms with Crippen LogP contribution in [0.5, 0.6) is 0 Å². The van der Waals surface area contributed by atoms with E-state index in [0.717, 1.165) is 11.3 Å². The molecule has 0 aliphatic rings. The fourth-order valence-electron chi connectivity index (χ4n) is 2.68. The molecular weight excluding hydrogens is 338 g/mol. The first-order chi connectivity index (χ1) is 12.9. The minimum Gasteiger partial charge on any atom is -0.347 e. The topological polar surface area (TPSA) is 79.8 Å². The number of amides is 1. The molecule has 2 N–H and O–H groups in total. The first-order valence-corrected chi connectivity index (χ1v) is 8.81. The van der Waals surface area contributed by atoms with E-state index in [0.29, 0.717) is 12.4 Å². The van der Waals surface area contributed by atoms with E-state index in [1.54, 1.807) is 24.5 Å². The first kappa shape index (κ1) is 18.5. The molecule has 0 unspecified atom stereocenters. The number of carbonyl (C=O) groups is 1. The minimum atomic E-state index is -0.270. The summed E-state index contributed by atoms with van der Waals surface area (Å²) in [5, 5.41) is 14.3. The summed E-state index contributed by atoms with van der Waals surface area (Å²) in [5.41, 5.74) is 3.37. The van der Waals surface area contributed by atoms with Crippen LogP contribution >= 0.6 is 0 Å². The van der Waals surface area contributed by atoms with E-state index < -0.39 is 0 Å². The second-order valence-electron chi connectivity index (χ2n) is 7.27. The molecule has 27 heavy (non-hydrogen) atoms. The molecule has 0 radical (unpaired) electrons. The summed E-state index contributed by atoms with van der Waals surface area (Å²) in [4.78, 5) is 16.2. The Morgan fingerprint density at radius 1 is 1.00 bits per heavy atom. The molecule has 2 heterocycles. The van der Waals surface area contributed by atoms with E-state index >= 15 is 0 Å². The highest BCUT2D eigenvalue weighted by atomic mass is 16.1. The van der Waals surface area contributed by atoms with E-state index in [4.69, 9.17) is 0 Å². The Hall–Kier alpha value is -3.28. The molecule has 6 heteroatoms. The fraction of sp³-hybridized carbons (Fsp3) is 0.238. The van der Waals surface area contributed by atoms with Gasteiger partial charge in [-0.2, -0.15) is 0 Å². The van der Waals surface area contributed by atoms with Gasteiger partial charge in [0.1, 0.15) is 0 Å². The second kappa shape index (κ2) is 7.95. The number of anilines is 2. The van der Waals surface area contributed by atoms with Gasteiger partial charge in [0.25, 0.3) is 5.91 Å². The summed E-state index contributed by atoms with van der Waals surface area (Å²) in [6.07, 6.45) is 3.41. The zero-order valence-electron chi connectivity index (χ0n) is 15.7. The molecular formula is C21H23N5O. The lowest BCUT2D eigenvalue weighted by Gasteiger charge is -2.23. The van der Waals surface area contributed by atoms with Gasteiger partial charge in [-0.1, -0.05) is 45.0 Å². The van der Waals surface area contributed by atoms with Crippen LogP contribution in [0.3, 0.4) is 0 Å². The van der Waals surface area contributed by atoms with Crippen molar-refractivity contribution in [1.82, 2.24) is 20.5 Å². The average molecular weight is 361 g/mol. The zero-order valence-corrected chi connectivity index (χ0v) is 15.7. The standard InChI is InChI=1S/C21H23N5O/c1-21(2,3)16-8-4-5-9-17(16)24-19-11-10-18(25-26-19)20(27)23-14-15-7-6-12-22-13-15/h4-13H,14H2,1-3H3,(H,23,27)(H,24,26). The molecule has 0 atom stereocenters. The lowest BCUT2D eigenvalue weighted by Crippen LogP contribution is -2.24. The summed E-state index contributed by atoms with van der Waals surface area (Å²) in [7, 11) is 0. The summed E-state index contributed by atoms with van der Waals surface area (Å²) in [6, 6.07) is 15.3. The van der Waals surface area contributed by atoms with Crippen LogP contribution in [-0.4, -0.2) is 21.1 Å². The number of aromatic nitrogens is 3. The van der Waals surface area contributed by atoms with E-state index in [-0.39, 0.29) is 17.0 Å². The molecule has 0 aliphatic heterocycles. The lowest BCUT2D eigenvalue weighted by atomic mass is 9.86. The van der Waals surface area contributed by atoms with Gasteiger partial charge < -0.3 is 10.6 Å². The number of rotatable bonds is 5. The number of para-hydroxylation sites is 1. The molecule has 6 nitrogen and oxygen atoms in total. The number of nitrogens with one attached hydrogen (secondary N) is 2. The second-order valence-corrected chi connectivity index (χ2v) is 7.27. The van der Waals surface area contributed by atoms with Crippen LogP contribution in [0.1, 0.15) is 42.4 Å². The summed E-state index contributed by atoms with van der Waals surface area (Å²) in [6.45, 7) is 6.88. The van der Waals surface area contributed by atoms with E-state index in [9.17, 15) is 4.79 Å². The van der Waals surface area contributed by atoms with Crippen molar-refractivity contribution in [2.75, 3.05) is 5.32 Å². The van der Waals surface area contributed by atoms with Crippen molar-refractivity contribution >= 4 is 17.4 Å². The molecule has 0 spiro atoms. The lowest BCUT2D eigenvalue weighted by molar-refractivity contribution is 0.0945. The molecule has 2 aromatic heterocycles. The van der Waals surface area contributed by atoms with E-state index in [2.05, 4.69) is 52.7 Å². The van der Waals surface area contributed by atoms with Crippen molar-refractivity contribution in [2.45, 2.75) is 32.7 Å². The van der Waals surface area contributed by atoms with Crippen molar-refractivity contribution < 1.29 is 4.79 Å². The molecule has 138 valence electrons. The maximum absolute atomic E-state index is 12.2. The highest BCUT2D eigenvalue weighted by Gasteiger charge is 2.17. The average Bonchev–Trinajstić information content (AvgIpc) is 2.67. The third-order valence-corrected chi connectivity index (χ3v) is 4.07. The maximum Gasteiger partial charge on any atom is 0.272 e. The van der Waals surface area contributed by atoms with Gasteiger partial charge in [0.05, 0.1) is 0 Å². The van der Waals surface area contributed by atoms with Crippen LogP contribution in [0, 0.1) is 0 Å². The van der Waals surface area contributed by atoms with Crippen molar-refractivity contribution in [2.24, 2.45) is 0 Å². The normalized spacial score (nSPS) is 11.1. The van der Waals surface area contributed by atoms with E-state index in [1.165, 1.54) is 5.56 Å². The Labute approximate surface area is 159 Å². The van der Waals surface area contributed by atoms with Crippen LogP contribution in [0.2, 0.25) is 0 Å². The van der Waals surface area contributed by atoms with Crippen molar-refractivity contribution in [3.05, 3.63) is 77.7 Å². The Morgan fingerprint density at radius 2 is 1.81 bits per heavy atom. The van der Waals surface area contributed by atoms with Crippen LogP contribution in [0.25, 0.3) is 0 Å². The molecule has 0 saturated heterocycles. The van der Waals surface area contributed by atoms with Crippen molar-refractivity contribution in [1.29, 1.82) is 0 Å². The van der Waals surface area contributed by atoms with Crippen molar-refractivity contribution in [3.8, 4) is 0 Å². The highest BCUT2D eigenvalue weighted by Crippen LogP contribution is 2.30. The molecule has 0 saturated carbocycles. The van der Waals surface area contributed by atoms with Gasteiger partial charge in [-0.15, -0.1) is 10.2 Å². The third-order valence-electron chi connectivity index (χ3n) is 4.07. The van der Waals surface area contributed by atoms with Crippen LogP contribution in [0.15, 0.2) is 60.9 Å². The number of benzene rings is 1. The SMILES string of the molecule is CC(C)(C)c1ccccc1Nc1ccc(C(=O)NCc2cccnc2)nn1. The number of pyridine rings is 1. The van der Waals surface area contributed by atoms with Gasteiger partial charge in [-0.25, -0.2) is 0 Å². The van der Waals surface area contributed by atoms with E-state index in [1.807, 2.05) is 30.3 Å². The summed E-state index contributed by atoms with van der Waals surface area (Å²) < 4.78 is 0. The van der Waals surface area contributed by atoms with Gasteiger partial charge in [0.15, 0.2) is 11.5 Å².